The summed E-state index contributed by atoms with van der Waals surface area (Å²) >= 11 is 4.87. The number of allylic oxidation sites excluding steroid dienone is 1. The monoisotopic (exact) mass is 1180 g/mol. The molecule has 4 unspecified atom stereocenters. The summed E-state index contributed by atoms with van der Waals surface area (Å²) in [5.74, 6) is -7.62. The summed E-state index contributed by atoms with van der Waals surface area (Å²) in [5, 5.41) is 19.0. The first-order chi connectivity index (χ1) is 36.6. The van der Waals surface area contributed by atoms with Crippen molar-refractivity contribution in [3.63, 3.8) is 0 Å². The van der Waals surface area contributed by atoms with E-state index in [-0.39, 0.29) is 85.5 Å². The van der Waals surface area contributed by atoms with E-state index in [9.17, 15) is 63.0 Å². The van der Waals surface area contributed by atoms with E-state index in [0.717, 1.165) is 0 Å². The Morgan fingerprint density at radius 3 is 0.793 bits per heavy atom. The molecule has 4 atom stereocenters. The van der Waals surface area contributed by atoms with Crippen molar-refractivity contribution in [2.75, 3.05) is 52.9 Å². The van der Waals surface area contributed by atoms with Crippen LogP contribution in [0.15, 0.2) is 109 Å². The zero-order valence-electron chi connectivity index (χ0n) is 47.6. The lowest BCUT2D eigenvalue weighted by atomic mass is 9.86. The second kappa shape index (κ2) is 41.3. The number of aliphatic hydroxyl groups is 2. The summed E-state index contributed by atoms with van der Waals surface area (Å²) in [6.45, 7) is 43.9. The third-order valence-corrected chi connectivity index (χ3v) is 9.52. The highest BCUT2D eigenvalue weighted by molar-refractivity contribution is 6.67. The first-order valence-corrected chi connectivity index (χ1v) is 24.3. The molecule has 0 aromatic carbocycles. The quantitative estimate of drug-likeness (QED) is 0.0293. The van der Waals surface area contributed by atoms with Crippen LogP contribution >= 0.6 is 11.6 Å². The van der Waals surface area contributed by atoms with Gasteiger partial charge in [-0.15, -0.1) is 0 Å². The zero-order valence-corrected chi connectivity index (χ0v) is 48.3. The highest BCUT2D eigenvalue weighted by Crippen LogP contribution is 2.28. The van der Waals surface area contributed by atoms with Gasteiger partial charge in [-0.05, 0) is 101 Å². The molecule has 0 rings (SSSR count). The molecule has 0 bridgehead atoms. The van der Waals surface area contributed by atoms with Gasteiger partial charge in [0, 0.05) is 50.2 Å². The van der Waals surface area contributed by atoms with Crippen molar-refractivity contribution in [3.8, 4) is 0 Å². The predicted molar refractivity (Wildman–Crippen MR) is 303 cm³/mol. The Hall–Kier alpha value is -7.76. The Bertz CT molecular complexity index is 2390. The number of carbonyl (C=O) groups excluding carboxylic acids is 11. The maximum Gasteiger partial charge on any atom is 0.333 e. The number of carbonyl (C=O) groups is 11. The van der Waals surface area contributed by atoms with E-state index in [4.69, 9.17) is 59.0 Å². The molecule has 0 saturated carbocycles. The van der Waals surface area contributed by atoms with Crippen LogP contribution in [0.5, 0.6) is 0 Å². The Kier molecular flexibility index (Phi) is 41.8. The summed E-state index contributed by atoms with van der Waals surface area (Å²) in [6, 6.07) is 0. The summed E-state index contributed by atoms with van der Waals surface area (Å²) in [7, 11) is 0. The van der Waals surface area contributed by atoms with Crippen LogP contribution < -0.4 is 0 Å². The van der Waals surface area contributed by atoms with Gasteiger partial charge in [0.25, 0.3) is 0 Å². The van der Waals surface area contributed by atoms with Crippen LogP contribution in [0.3, 0.4) is 0 Å². The number of ether oxygens (including phenoxy) is 10. The minimum atomic E-state index is -1.30. The second-order valence-electron chi connectivity index (χ2n) is 19.2. The molecular formula is C58H85ClO23. The molecule has 0 aromatic heterocycles. The standard InChI is InChI=1S/C30H40O12.C22H32O10.C4H5ClO.2CH4/c1-17(2)24(31)37-13-22(41-26(33)19(5)6)15-39-28(35)21(9)12-30(10,11)29(36)40-16-23(42-27(34)20(7)8)14-38-25(32)18(3)4;1-13(2)18(25)29-9-16(23)11-31-20(27)15(5)8-22(6,7)21(28)32-12-17(24)10-30-19(26)14(3)4;1-3(2)4(5)6;;/h22-23H,1,3,5,7,9,12-16H2,2,4,6,8,10-11H3;16-17,23-24H,1,3,5,8-12H2,2,4,6-7H3;1H2,2H3;2*1H4. The van der Waals surface area contributed by atoms with Gasteiger partial charge < -0.3 is 57.6 Å². The van der Waals surface area contributed by atoms with Crippen molar-refractivity contribution < 1.29 is 110 Å². The summed E-state index contributed by atoms with van der Waals surface area (Å²) in [4.78, 5) is 129. The van der Waals surface area contributed by atoms with Crippen molar-refractivity contribution in [3.05, 3.63) is 109 Å². The molecule has 2 N–H and O–H groups in total. The highest BCUT2D eigenvalue weighted by atomic mass is 35.5. The topological polar surface area (TPSA) is 321 Å². The Labute approximate surface area is 486 Å². The molecule has 0 radical (unpaired) electrons. The van der Waals surface area contributed by atoms with Gasteiger partial charge in [0.1, 0.15) is 65.1 Å². The number of hydrogen-bond acceptors (Lipinski definition) is 23. The molecule has 0 aliphatic heterocycles. The molecule has 0 amide bonds. The normalized spacial score (nSPS) is 11.6. The van der Waals surface area contributed by atoms with Gasteiger partial charge in [0.05, 0.1) is 10.8 Å². The molecule has 0 aliphatic carbocycles. The summed E-state index contributed by atoms with van der Waals surface area (Å²) in [6.07, 6.45) is -5.08. The van der Waals surface area contributed by atoms with Crippen LogP contribution in [-0.4, -0.2) is 152 Å². The largest absolute Gasteiger partial charge is 0.462 e. The third kappa shape index (κ3) is 38.0. The number of esters is 10. The average molecular weight is 1190 g/mol. The molecule has 82 heavy (non-hydrogen) atoms. The minimum Gasteiger partial charge on any atom is -0.462 e. The molecular weight excluding hydrogens is 1100 g/mol. The van der Waals surface area contributed by atoms with Gasteiger partial charge in [-0.25, -0.2) is 38.4 Å². The maximum atomic E-state index is 12.8. The molecule has 0 aromatic rings. The number of rotatable bonds is 33. The van der Waals surface area contributed by atoms with Crippen LogP contribution in [-0.2, 0) is 100 Å². The molecule has 0 aliphatic rings. The lowest BCUT2D eigenvalue weighted by Gasteiger charge is -2.25. The van der Waals surface area contributed by atoms with E-state index in [1.165, 1.54) is 69.2 Å². The van der Waals surface area contributed by atoms with Gasteiger partial charge in [-0.2, -0.15) is 0 Å². The molecule has 0 saturated heterocycles. The smallest absolute Gasteiger partial charge is 0.333 e. The molecule has 24 heteroatoms. The lowest BCUT2D eigenvalue weighted by Crippen LogP contribution is -2.35. The van der Waals surface area contributed by atoms with Crippen molar-refractivity contribution in [2.24, 2.45) is 10.8 Å². The first kappa shape index (κ1) is 83.1. The Balaban J connectivity index is -0.000000439. The van der Waals surface area contributed by atoms with Crippen molar-refractivity contribution in [2.45, 2.75) is 128 Å². The fourth-order valence-electron chi connectivity index (χ4n) is 4.64. The first-order valence-electron chi connectivity index (χ1n) is 23.9. The van der Waals surface area contributed by atoms with E-state index in [1.807, 2.05) is 0 Å². The minimum absolute atomic E-state index is 0. The fourth-order valence-corrected chi connectivity index (χ4v) is 4.64. The zero-order chi connectivity index (χ0) is 63.0. The molecule has 0 fully saturated rings. The third-order valence-electron chi connectivity index (χ3n) is 9.20. The number of aliphatic hydroxyl groups excluding tert-OH is 2. The van der Waals surface area contributed by atoms with Gasteiger partial charge in [-0.3, -0.25) is 14.4 Å². The van der Waals surface area contributed by atoms with E-state index < -0.39 is 140 Å². The summed E-state index contributed by atoms with van der Waals surface area (Å²) in [5.41, 5.74) is -1.52. The van der Waals surface area contributed by atoms with E-state index >= 15 is 0 Å². The van der Waals surface area contributed by atoms with Crippen LogP contribution in [0.25, 0.3) is 0 Å². The maximum absolute atomic E-state index is 12.8. The Morgan fingerprint density at radius 2 is 0.549 bits per heavy atom. The van der Waals surface area contributed by atoms with E-state index in [0.29, 0.717) is 5.57 Å². The van der Waals surface area contributed by atoms with Crippen LogP contribution in [0, 0.1) is 10.8 Å². The second-order valence-corrected chi connectivity index (χ2v) is 19.6. The van der Waals surface area contributed by atoms with Crippen molar-refractivity contribution in [1.29, 1.82) is 0 Å². The molecule has 0 spiro atoms. The molecule has 23 nitrogen and oxygen atoms in total. The lowest BCUT2D eigenvalue weighted by molar-refractivity contribution is -0.167. The SMILES string of the molecule is C.C.C=C(C)C(=O)Cl.C=C(C)C(=O)OCC(COC(=O)C(=C)CC(C)(C)C(=O)OCC(COC(=O)C(=C)C)OC(=O)C(=C)C)OC(=O)C(=C)C.C=C(C)C(=O)OCC(O)COC(=O)C(=C)CC(C)(C)C(=O)OCC(O)COC(=O)C(=C)C. The van der Waals surface area contributed by atoms with Gasteiger partial charge >= 0.3 is 59.7 Å². The molecule has 0 heterocycles. The Morgan fingerprint density at radius 1 is 0.354 bits per heavy atom. The fraction of sp³-hybridized carbons (Fsp3) is 0.500. The van der Waals surface area contributed by atoms with Gasteiger partial charge in [0.15, 0.2) is 12.2 Å². The number of halogens is 1. The molecule has 462 valence electrons. The number of hydrogen-bond donors (Lipinski definition) is 2. The van der Waals surface area contributed by atoms with Gasteiger partial charge in [0.2, 0.25) is 5.24 Å². The van der Waals surface area contributed by atoms with E-state index in [2.05, 4.69) is 59.2 Å². The van der Waals surface area contributed by atoms with Crippen LogP contribution in [0.1, 0.15) is 104 Å². The van der Waals surface area contributed by atoms with E-state index in [1.54, 1.807) is 6.92 Å². The van der Waals surface area contributed by atoms with Gasteiger partial charge in [-0.1, -0.05) is 74.1 Å². The van der Waals surface area contributed by atoms with Crippen LogP contribution in [0.4, 0.5) is 0 Å². The van der Waals surface area contributed by atoms with Crippen LogP contribution in [0.2, 0.25) is 0 Å². The van der Waals surface area contributed by atoms with Crippen molar-refractivity contribution in [1.82, 2.24) is 0 Å². The predicted octanol–water partition coefficient (Wildman–Crippen LogP) is 6.87. The highest BCUT2D eigenvalue weighted by Gasteiger charge is 2.35. The summed E-state index contributed by atoms with van der Waals surface area (Å²) < 4.78 is 50.2. The van der Waals surface area contributed by atoms with Crippen molar-refractivity contribution >= 4 is 76.5 Å². The average Bonchev–Trinajstić information content (AvgIpc) is 3.36.